The molecule has 140 valence electrons. The normalized spacial score (nSPS) is 12.7. The average Bonchev–Trinajstić information content (AvgIpc) is 2.55. The predicted octanol–water partition coefficient (Wildman–Crippen LogP) is 3.19. The smallest absolute Gasteiger partial charge is 0.241 e. The molecule has 1 amide bonds. The predicted molar refractivity (Wildman–Crippen MR) is 102 cm³/mol. The van der Waals surface area contributed by atoms with Gasteiger partial charge in [0.1, 0.15) is 11.5 Å². The van der Waals surface area contributed by atoms with Gasteiger partial charge in [0, 0.05) is 11.9 Å². The number of nitrogens with one attached hydrogen (secondary N) is 1. The average molecular weight is 376 g/mol. The molecule has 26 heavy (non-hydrogen) atoms. The van der Waals surface area contributed by atoms with E-state index in [1.54, 1.807) is 36.4 Å². The highest BCUT2D eigenvalue weighted by Gasteiger charge is 2.15. The molecule has 3 N–H and O–H groups in total. The van der Waals surface area contributed by atoms with Gasteiger partial charge in [-0.05, 0) is 60.9 Å². The van der Waals surface area contributed by atoms with Crippen LogP contribution in [0.15, 0.2) is 53.4 Å². The number of carbonyl (C=O) groups is 1. The van der Waals surface area contributed by atoms with Gasteiger partial charge in [-0.1, -0.05) is 13.8 Å². The molecule has 0 radical (unpaired) electrons. The maximum absolute atomic E-state index is 12.0. The lowest BCUT2D eigenvalue weighted by atomic mass is 10.0. The van der Waals surface area contributed by atoms with Crippen LogP contribution in [0.4, 0.5) is 5.69 Å². The van der Waals surface area contributed by atoms with E-state index in [1.165, 1.54) is 12.1 Å². The topological polar surface area (TPSA) is 98.5 Å². The van der Waals surface area contributed by atoms with Crippen LogP contribution in [0.5, 0.6) is 11.5 Å². The molecule has 6 nitrogen and oxygen atoms in total. The van der Waals surface area contributed by atoms with Crippen molar-refractivity contribution in [3.8, 4) is 11.5 Å². The standard InChI is InChI=1S/C19H24N2O4S/c1-13(2)12-18(20)19(22)21-14-4-6-15(7-5-14)25-16-8-10-17(11-9-16)26(3,23)24/h4-11,13,18H,12,20H2,1-3H3,(H,21,22)/t18-/m0/s1. The summed E-state index contributed by atoms with van der Waals surface area (Å²) in [7, 11) is -3.23. The van der Waals surface area contributed by atoms with Gasteiger partial charge >= 0.3 is 0 Å². The van der Waals surface area contributed by atoms with Crippen molar-refractivity contribution in [1.29, 1.82) is 0 Å². The highest BCUT2D eigenvalue weighted by Crippen LogP contribution is 2.24. The van der Waals surface area contributed by atoms with Crippen molar-refractivity contribution in [3.05, 3.63) is 48.5 Å². The molecule has 0 aliphatic carbocycles. The summed E-state index contributed by atoms with van der Waals surface area (Å²) in [5.74, 6) is 1.22. The Bertz CT molecular complexity index is 844. The first-order valence-electron chi connectivity index (χ1n) is 8.29. The summed E-state index contributed by atoms with van der Waals surface area (Å²) in [5.41, 5.74) is 6.49. The Morgan fingerprint density at radius 3 is 2.00 bits per heavy atom. The Balaban J connectivity index is 1.98. The molecule has 2 rings (SSSR count). The van der Waals surface area contributed by atoms with Crippen LogP contribution in [0, 0.1) is 5.92 Å². The second-order valence-electron chi connectivity index (χ2n) is 6.60. The van der Waals surface area contributed by atoms with E-state index in [0.717, 1.165) is 6.26 Å². The molecule has 0 saturated heterocycles. The summed E-state index contributed by atoms with van der Waals surface area (Å²) >= 11 is 0. The summed E-state index contributed by atoms with van der Waals surface area (Å²) in [6, 6.07) is 12.5. The first kappa shape index (κ1) is 19.9. The van der Waals surface area contributed by atoms with Crippen molar-refractivity contribution < 1.29 is 17.9 Å². The van der Waals surface area contributed by atoms with Crippen LogP contribution >= 0.6 is 0 Å². The van der Waals surface area contributed by atoms with E-state index in [4.69, 9.17) is 10.5 Å². The molecule has 0 unspecified atom stereocenters. The molecule has 0 spiro atoms. The highest BCUT2D eigenvalue weighted by molar-refractivity contribution is 7.90. The maximum atomic E-state index is 12.0. The molecule has 1 atom stereocenters. The van der Waals surface area contributed by atoms with Crippen LogP contribution in [0.25, 0.3) is 0 Å². The summed E-state index contributed by atoms with van der Waals surface area (Å²) in [6.45, 7) is 4.03. The number of amides is 1. The van der Waals surface area contributed by atoms with Crippen molar-refractivity contribution in [2.24, 2.45) is 11.7 Å². The molecule has 0 fully saturated rings. The number of nitrogens with two attached hydrogens (primary N) is 1. The first-order valence-corrected chi connectivity index (χ1v) is 10.2. The SMILES string of the molecule is CC(C)C[C@H](N)C(=O)Nc1ccc(Oc2ccc(S(C)(=O)=O)cc2)cc1. The molecule has 0 aromatic heterocycles. The number of rotatable bonds is 7. The van der Waals surface area contributed by atoms with E-state index in [9.17, 15) is 13.2 Å². The van der Waals surface area contributed by atoms with Gasteiger partial charge in [0.2, 0.25) is 5.91 Å². The fourth-order valence-electron chi connectivity index (χ4n) is 2.35. The first-order chi connectivity index (χ1) is 12.1. The van der Waals surface area contributed by atoms with Crippen molar-refractivity contribution in [3.63, 3.8) is 0 Å². The van der Waals surface area contributed by atoms with Gasteiger partial charge in [-0.25, -0.2) is 8.42 Å². The van der Waals surface area contributed by atoms with Gasteiger partial charge in [-0.2, -0.15) is 0 Å². The minimum Gasteiger partial charge on any atom is -0.457 e. The molecular weight excluding hydrogens is 352 g/mol. The van der Waals surface area contributed by atoms with Gasteiger partial charge < -0.3 is 15.8 Å². The quantitative estimate of drug-likeness (QED) is 0.773. The van der Waals surface area contributed by atoms with Crippen molar-refractivity contribution in [1.82, 2.24) is 0 Å². The zero-order valence-corrected chi connectivity index (χ0v) is 15.9. The second kappa shape index (κ2) is 8.33. The van der Waals surface area contributed by atoms with Gasteiger partial charge in [-0.3, -0.25) is 4.79 Å². The van der Waals surface area contributed by atoms with E-state index in [0.29, 0.717) is 29.5 Å². The third-order valence-electron chi connectivity index (χ3n) is 3.67. The van der Waals surface area contributed by atoms with Crippen molar-refractivity contribution in [2.75, 3.05) is 11.6 Å². The molecular formula is C19H24N2O4S. The third kappa shape index (κ3) is 5.86. The Kier molecular flexibility index (Phi) is 6.39. The largest absolute Gasteiger partial charge is 0.457 e. The van der Waals surface area contributed by atoms with Crippen LogP contribution in [-0.2, 0) is 14.6 Å². The number of anilines is 1. The lowest BCUT2D eigenvalue weighted by Crippen LogP contribution is -2.36. The van der Waals surface area contributed by atoms with Gasteiger partial charge in [-0.15, -0.1) is 0 Å². The number of carbonyl (C=O) groups excluding carboxylic acids is 1. The van der Waals surface area contributed by atoms with Crippen LogP contribution in [0.3, 0.4) is 0 Å². The van der Waals surface area contributed by atoms with Crippen LogP contribution in [-0.4, -0.2) is 26.6 Å². The summed E-state index contributed by atoms with van der Waals surface area (Å²) in [6.07, 6.45) is 1.78. The Morgan fingerprint density at radius 1 is 1.04 bits per heavy atom. The molecule has 0 aliphatic heterocycles. The lowest BCUT2D eigenvalue weighted by molar-refractivity contribution is -0.117. The Morgan fingerprint density at radius 2 is 1.54 bits per heavy atom. The molecule has 2 aromatic carbocycles. The number of ether oxygens (including phenoxy) is 1. The monoisotopic (exact) mass is 376 g/mol. The Labute approximate surface area is 154 Å². The van der Waals surface area contributed by atoms with Gasteiger partial charge in [0.15, 0.2) is 9.84 Å². The van der Waals surface area contributed by atoms with Crippen LogP contribution in [0.1, 0.15) is 20.3 Å². The highest BCUT2D eigenvalue weighted by atomic mass is 32.2. The Hall–Kier alpha value is -2.38. The fourth-order valence-corrected chi connectivity index (χ4v) is 2.98. The summed E-state index contributed by atoms with van der Waals surface area (Å²) in [5, 5.41) is 2.78. The molecule has 0 bridgehead atoms. The maximum Gasteiger partial charge on any atom is 0.241 e. The van der Waals surface area contributed by atoms with Crippen molar-refractivity contribution >= 4 is 21.4 Å². The molecule has 0 heterocycles. The van der Waals surface area contributed by atoms with E-state index < -0.39 is 15.9 Å². The van der Waals surface area contributed by atoms with Gasteiger partial charge in [0.25, 0.3) is 0 Å². The fraction of sp³-hybridized carbons (Fsp3) is 0.316. The van der Waals surface area contributed by atoms with E-state index in [1.807, 2.05) is 13.8 Å². The molecule has 0 aliphatic rings. The molecule has 0 saturated carbocycles. The lowest BCUT2D eigenvalue weighted by Gasteiger charge is -2.14. The minimum atomic E-state index is -3.23. The summed E-state index contributed by atoms with van der Waals surface area (Å²) < 4.78 is 28.6. The molecule has 7 heteroatoms. The van der Waals surface area contributed by atoms with Crippen LogP contribution in [0.2, 0.25) is 0 Å². The number of benzene rings is 2. The van der Waals surface area contributed by atoms with E-state index >= 15 is 0 Å². The zero-order valence-electron chi connectivity index (χ0n) is 15.1. The summed E-state index contributed by atoms with van der Waals surface area (Å²) in [4.78, 5) is 12.3. The van der Waals surface area contributed by atoms with Gasteiger partial charge in [0.05, 0.1) is 10.9 Å². The third-order valence-corrected chi connectivity index (χ3v) is 4.80. The van der Waals surface area contributed by atoms with Crippen LogP contribution < -0.4 is 15.8 Å². The number of hydrogen-bond donors (Lipinski definition) is 2. The minimum absolute atomic E-state index is 0.219. The van der Waals surface area contributed by atoms with E-state index in [2.05, 4.69) is 5.32 Å². The zero-order chi connectivity index (χ0) is 19.3. The second-order valence-corrected chi connectivity index (χ2v) is 8.61. The number of hydrogen-bond acceptors (Lipinski definition) is 5. The number of sulfone groups is 1. The van der Waals surface area contributed by atoms with E-state index in [-0.39, 0.29) is 10.8 Å². The molecule has 2 aromatic rings. The van der Waals surface area contributed by atoms with Crippen molar-refractivity contribution in [2.45, 2.75) is 31.2 Å².